The molecule has 0 saturated carbocycles. The third-order valence-electron chi connectivity index (χ3n) is 6.64. The number of ether oxygens (including phenoxy) is 2. The van der Waals surface area contributed by atoms with Crippen molar-refractivity contribution in [3.63, 3.8) is 0 Å². The van der Waals surface area contributed by atoms with Gasteiger partial charge in [0.15, 0.2) is 16.6 Å². The van der Waals surface area contributed by atoms with Gasteiger partial charge >= 0.3 is 5.91 Å². The molecular formula is C31H28Cl2N2O5S. The molecule has 1 aromatic heterocycles. The van der Waals surface area contributed by atoms with Crippen LogP contribution in [0.5, 0.6) is 11.5 Å². The molecule has 2 heterocycles. The van der Waals surface area contributed by atoms with Crippen LogP contribution in [0.25, 0.3) is 16.0 Å². The third-order valence-corrected chi connectivity index (χ3v) is 8.15. The van der Waals surface area contributed by atoms with Gasteiger partial charge in [-0.05, 0) is 79.4 Å². The number of hydrogen-bond acceptors (Lipinski definition) is 7. The summed E-state index contributed by atoms with van der Waals surface area (Å²) in [6.45, 7) is 7.00. The highest BCUT2D eigenvalue weighted by Crippen LogP contribution is 2.46. The van der Waals surface area contributed by atoms with Crippen LogP contribution in [0.4, 0.5) is 5.13 Å². The number of halogens is 2. The van der Waals surface area contributed by atoms with Gasteiger partial charge in [-0.1, -0.05) is 54.5 Å². The van der Waals surface area contributed by atoms with E-state index in [0.29, 0.717) is 62.5 Å². The van der Waals surface area contributed by atoms with Gasteiger partial charge in [0, 0.05) is 15.6 Å². The Morgan fingerprint density at radius 3 is 2.44 bits per heavy atom. The van der Waals surface area contributed by atoms with Gasteiger partial charge in [-0.25, -0.2) is 4.98 Å². The summed E-state index contributed by atoms with van der Waals surface area (Å²) in [6, 6.07) is 15.9. The number of ketones is 1. The zero-order valence-electron chi connectivity index (χ0n) is 22.7. The maximum absolute atomic E-state index is 13.6. The average molecular weight is 612 g/mol. The predicted molar refractivity (Wildman–Crippen MR) is 163 cm³/mol. The SMILES string of the molecule is CCOc1cc(C2C(=C(O)c3ccc(Cl)cc3)C(=O)C(=O)N2c2nc3ccc(Cl)cc3s2)ccc1OCCC(C)C. The summed E-state index contributed by atoms with van der Waals surface area (Å²) in [6.07, 6.45) is 0.871. The van der Waals surface area contributed by atoms with Gasteiger partial charge in [0.05, 0.1) is 35.0 Å². The number of rotatable bonds is 9. The van der Waals surface area contributed by atoms with E-state index < -0.39 is 17.7 Å². The first kappa shape index (κ1) is 28.9. The Hall–Kier alpha value is -3.59. The minimum Gasteiger partial charge on any atom is -0.507 e. The maximum Gasteiger partial charge on any atom is 0.301 e. The molecule has 1 saturated heterocycles. The molecular weight excluding hydrogens is 583 g/mol. The lowest BCUT2D eigenvalue weighted by atomic mass is 9.95. The first-order valence-electron chi connectivity index (χ1n) is 13.2. The number of aliphatic hydroxyl groups excluding tert-OH is 1. The van der Waals surface area contributed by atoms with E-state index in [-0.39, 0.29) is 11.3 Å². The Bertz CT molecular complexity index is 1650. The maximum atomic E-state index is 13.6. The minimum atomic E-state index is -0.981. The fourth-order valence-electron chi connectivity index (χ4n) is 4.58. The van der Waals surface area contributed by atoms with E-state index in [0.717, 1.165) is 11.1 Å². The van der Waals surface area contributed by atoms with Crippen molar-refractivity contribution in [2.45, 2.75) is 33.2 Å². The lowest BCUT2D eigenvalue weighted by Crippen LogP contribution is -2.29. The topological polar surface area (TPSA) is 89.0 Å². The predicted octanol–water partition coefficient (Wildman–Crippen LogP) is 8.05. The van der Waals surface area contributed by atoms with E-state index in [1.54, 1.807) is 60.7 Å². The van der Waals surface area contributed by atoms with Gasteiger partial charge in [0.25, 0.3) is 5.78 Å². The van der Waals surface area contributed by atoms with E-state index in [1.807, 2.05) is 6.92 Å². The second-order valence-corrected chi connectivity index (χ2v) is 11.8. The number of Topliss-reactive ketones (excluding diaryl/α,β-unsaturated/α-hetero) is 1. The summed E-state index contributed by atoms with van der Waals surface area (Å²) in [5.74, 6) is -0.434. The van der Waals surface area contributed by atoms with Crippen LogP contribution in [-0.2, 0) is 9.59 Å². The fourth-order valence-corrected chi connectivity index (χ4v) is 5.98. The summed E-state index contributed by atoms with van der Waals surface area (Å²) in [4.78, 5) is 33.2. The number of aromatic nitrogens is 1. The van der Waals surface area contributed by atoms with Crippen molar-refractivity contribution in [2.24, 2.45) is 5.92 Å². The van der Waals surface area contributed by atoms with Gasteiger partial charge < -0.3 is 14.6 Å². The smallest absolute Gasteiger partial charge is 0.301 e. The molecule has 0 radical (unpaired) electrons. The van der Waals surface area contributed by atoms with E-state index in [2.05, 4.69) is 18.8 Å². The van der Waals surface area contributed by atoms with Crippen LogP contribution in [0.1, 0.15) is 44.4 Å². The lowest BCUT2D eigenvalue weighted by Gasteiger charge is -2.24. The number of thiazole rings is 1. The molecule has 1 N–H and O–H groups in total. The number of fused-ring (bicyclic) bond motifs is 1. The fraction of sp³-hybridized carbons (Fsp3) is 0.258. The highest BCUT2D eigenvalue weighted by molar-refractivity contribution is 7.22. The Balaban J connectivity index is 1.67. The Morgan fingerprint density at radius 1 is 1.00 bits per heavy atom. The molecule has 1 aliphatic rings. The van der Waals surface area contributed by atoms with E-state index in [1.165, 1.54) is 16.2 Å². The molecule has 212 valence electrons. The number of carbonyl (C=O) groups is 2. The van der Waals surface area contributed by atoms with Crippen molar-refractivity contribution in [2.75, 3.05) is 18.1 Å². The van der Waals surface area contributed by atoms with Crippen molar-refractivity contribution >= 4 is 67.3 Å². The van der Waals surface area contributed by atoms with Gasteiger partial charge in [-0.15, -0.1) is 0 Å². The Kier molecular flexibility index (Phi) is 8.54. The van der Waals surface area contributed by atoms with E-state index in [4.69, 9.17) is 32.7 Å². The number of benzene rings is 3. The normalized spacial score (nSPS) is 16.6. The quantitative estimate of drug-likeness (QED) is 0.117. The first-order chi connectivity index (χ1) is 19.7. The summed E-state index contributed by atoms with van der Waals surface area (Å²) < 4.78 is 12.7. The van der Waals surface area contributed by atoms with Gasteiger partial charge in [0.1, 0.15) is 5.76 Å². The molecule has 0 spiro atoms. The average Bonchev–Trinajstić information content (AvgIpc) is 3.47. The van der Waals surface area contributed by atoms with Crippen molar-refractivity contribution in [1.82, 2.24) is 4.98 Å². The second kappa shape index (κ2) is 12.1. The summed E-state index contributed by atoms with van der Waals surface area (Å²) in [7, 11) is 0. The number of aliphatic hydroxyl groups is 1. The number of amides is 1. The molecule has 10 heteroatoms. The minimum absolute atomic E-state index is 0.0643. The molecule has 5 rings (SSSR count). The molecule has 1 fully saturated rings. The van der Waals surface area contributed by atoms with Gasteiger partial charge in [-0.2, -0.15) is 0 Å². The molecule has 41 heavy (non-hydrogen) atoms. The largest absolute Gasteiger partial charge is 0.507 e. The lowest BCUT2D eigenvalue weighted by molar-refractivity contribution is -0.132. The van der Waals surface area contributed by atoms with Crippen molar-refractivity contribution in [3.05, 3.63) is 87.4 Å². The highest BCUT2D eigenvalue weighted by Gasteiger charge is 2.48. The number of nitrogens with zero attached hydrogens (tertiary/aromatic N) is 2. The molecule has 1 aliphatic heterocycles. The molecule has 1 unspecified atom stereocenters. The Morgan fingerprint density at radius 2 is 1.73 bits per heavy atom. The van der Waals surface area contributed by atoms with Crippen LogP contribution in [0.2, 0.25) is 10.0 Å². The van der Waals surface area contributed by atoms with Crippen molar-refractivity contribution in [3.8, 4) is 11.5 Å². The third kappa shape index (κ3) is 5.91. The zero-order valence-corrected chi connectivity index (χ0v) is 25.0. The molecule has 0 bridgehead atoms. The van der Waals surface area contributed by atoms with Crippen LogP contribution in [0, 0.1) is 5.92 Å². The van der Waals surface area contributed by atoms with Crippen molar-refractivity contribution < 1.29 is 24.2 Å². The summed E-state index contributed by atoms with van der Waals surface area (Å²) in [5, 5.41) is 12.7. The van der Waals surface area contributed by atoms with Crippen LogP contribution in [0.15, 0.2) is 66.2 Å². The van der Waals surface area contributed by atoms with Crippen LogP contribution >= 0.6 is 34.5 Å². The first-order valence-corrected chi connectivity index (χ1v) is 14.8. The van der Waals surface area contributed by atoms with Crippen LogP contribution < -0.4 is 14.4 Å². The molecule has 7 nitrogen and oxygen atoms in total. The highest BCUT2D eigenvalue weighted by atomic mass is 35.5. The Labute approximate surface area is 251 Å². The monoisotopic (exact) mass is 610 g/mol. The second-order valence-electron chi connectivity index (χ2n) is 9.95. The van der Waals surface area contributed by atoms with Crippen molar-refractivity contribution in [1.29, 1.82) is 0 Å². The zero-order chi connectivity index (χ0) is 29.3. The molecule has 0 aliphatic carbocycles. The standard InChI is InChI=1S/C31H28Cl2N2O5S/c1-4-39-24-15-19(7-12-23(24)40-14-13-17(2)3)27-26(28(36)18-5-8-20(32)9-6-18)29(37)30(38)35(27)31-34-22-11-10-21(33)16-25(22)41-31/h5-12,15-17,27,36H,4,13-14H2,1-3H3. The molecule has 1 amide bonds. The number of carbonyl (C=O) groups excluding carboxylic acids is 2. The molecule has 4 aromatic rings. The van der Waals surface area contributed by atoms with Crippen LogP contribution in [-0.4, -0.2) is 35.0 Å². The summed E-state index contributed by atoms with van der Waals surface area (Å²) in [5.41, 5.74) is 1.48. The summed E-state index contributed by atoms with van der Waals surface area (Å²) >= 11 is 13.5. The number of hydrogen-bond donors (Lipinski definition) is 1. The molecule has 3 aromatic carbocycles. The van der Waals surface area contributed by atoms with Gasteiger partial charge in [-0.3, -0.25) is 14.5 Å². The van der Waals surface area contributed by atoms with E-state index in [9.17, 15) is 14.7 Å². The number of anilines is 1. The van der Waals surface area contributed by atoms with E-state index >= 15 is 0 Å². The molecule has 1 atom stereocenters. The van der Waals surface area contributed by atoms with Gasteiger partial charge in [0.2, 0.25) is 0 Å². The van der Waals surface area contributed by atoms with Crippen LogP contribution in [0.3, 0.4) is 0 Å².